The molecule has 2 heterocycles. The Morgan fingerprint density at radius 2 is 2.00 bits per heavy atom. The highest BCUT2D eigenvalue weighted by molar-refractivity contribution is 5.88. The number of H-pyrrole nitrogens is 1. The maximum Gasteiger partial charge on any atom is 0.224 e. The number of imidazole rings is 1. The summed E-state index contributed by atoms with van der Waals surface area (Å²) in [5.41, 5.74) is 5.97. The van der Waals surface area contributed by atoms with E-state index in [1.54, 1.807) is 6.26 Å². The molecule has 1 amide bonds. The summed E-state index contributed by atoms with van der Waals surface area (Å²) in [6.07, 6.45) is 1.96. The molecule has 5 heteroatoms. The number of fused-ring (bicyclic) bond motifs is 2. The van der Waals surface area contributed by atoms with Crippen molar-refractivity contribution in [3.8, 4) is 0 Å². The summed E-state index contributed by atoms with van der Waals surface area (Å²) in [7, 11) is 0. The van der Waals surface area contributed by atoms with Crippen LogP contribution in [0, 0.1) is 13.8 Å². The number of carbonyl (C=O) groups excluding carboxylic acids is 1. The molecular weight excluding hydrogens is 314 g/mol. The molecule has 0 fully saturated rings. The van der Waals surface area contributed by atoms with Crippen molar-refractivity contribution in [3.63, 3.8) is 0 Å². The lowest BCUT2D eigenvalue weighted by Gasteiger charge is -2.03. The second-order valence-electron chi connectivity index (χ2n) is 6.35. The zero-order valence-corrected chi connectivity index (χ0v) is 14.2. The molecule has 0 saturated carbocycles. The van der Waals surface area contributed by atoms with Crippen molar-refractivity contribution in [2.24, 2.45) is 0 Å². The molecule has 4 aromatic rings. The van der Waals surface area contributed by atoms with Crippen LogP contribution in [0.3, 0.4) is 0 Å². The zero-order chi connectivity index (χ0) is 17.4. The lowest BCUT2D eigenvalue weighted by molar-refractivity contribution is -0.120. The third-order valence-corrected chi connectivity index (χ3v) is 4.51. The summed E-state index contributed by atoms with van der Waals surface area (Å²) in [5, 5.41) is 3.92. The molecular formula is C20H19N3O2. The third kappa shape index (κ3) is 3.01. The van der Waals surface area contributed by atoms with Gasteiger partial charge in [-0.25, -0.2) is 4.98 Å². The predicted octanol–water partition coefficient (Wildman–Crippen LogP) is 3.78. The standard InChI is InChI=1S/C20H19N3O2/c1-12-7-15-14(11-25-18(15)8-13(12)2)9-20(24)21-10-19-22-16-5-3-4-6-17(16)23-19/h3-8,11H,9-10H2,1-2H3,(H,21,24)(H,22,23). The minimum absolute atomic E-state index is 0.0543. The first kappa shape index (κ1) is 15.4. The number of para-hydroxylation sites is 2. The van der Waals surface area contributed by atoms with Crippen LogP contribution in [0.1, 0.15) is 22.5 Å². The molecule has 5 nitrogen and oxygen atoms in total. The number of benzene rings is 2. The molecule has 2 aromatic heterocycles. The van der Waals surface area contributed by atoms with Crippen molar-refractivity contribution in [1.29, 1.82) is 0 Å². The Hall–Kier alpha value is -3.08. The highest BCUT2D eigenvalue weighted by atomic mass is 16.3. The van der Waals surface area contributed by atoms with Gasteiger partial charge in [-0.3, -0.25) is 4.79 Å². The molecule has 0 bridgehead atoms. The molecule has 0 radical (unpaired) electrons. The van der Waals surface area contributed by atoms with Crippen LogP contribution in [0.15, 0.2) is 47.1 Å². The van der Waals surface area contributed by atoms with Gasteiger partial charge in [0.25, 0.3) is 0 Å². The maximum absolute atomic E-state index is 12.3. The number of furan rings is 1. The number of nitrogens with one attached hydrogen (secondary N) is 2. The molecule has 0 aliphatic rings. The summed E-state index contributed by atoms with van der Waals surface area (Å²) >= 11 is 0. The van der Waals surface area contributed by atoms with Crippen LogP contribution in [-0.2, 0) is 17.8 Å². The molecule has 0 aliphatic heterocycles. The van der Waals surface area contributed by atoms with Crippen molar-refractivity contribution in [3.05, 3.63) is 65.2 Å². The smallest absolute Gasteiger partial charge is 0.224 e. The first-order valence-corrected chi connectivity index (χ1v) is 8.28. The Balaban J connectivity index is 1.46. The van der Waals surface area contributed by atoms with Gasteiger partial charge in [0, 0.05) is 10.9 Å². The number of amides is 1. The Bertz CT molecular complexity index is 1040. The Morgan fingerprint density at radius 1 is 1.20 bits per heavy atom. The Morgan fingerprint density at radius 3 is 2.84 bits per heavy atom. The molecule has 2 aromatic carbocycles. The van der Waals surface area contributed by atoms with E-state index in [2.05, 4.69) is 35.2 Å². The first-order chi connectivity index (χ1) is 12.1. The molecule has 0 atom stereocenters. The lowest BCUT2D eigenvalue weighted by atomic mass is 10.0. The minimum atomic E-state index is -0.0543. The van der Waals surface area contributed by atoms with E-state index in [0.717, 1.165) is 33.4 Å². The van der Waals surface area contributed by atoms with Crippen molar-refractivity contribution in [2.75, 3.05) is 0 Å². The van der Waals surface area contributed by atoms with Crippen LogP contribution in [-0.4, -0.2) is 15.9 Å². The monoisotopic (exact) mass is 333 g/mol. The van der Waals surface area contributed by atoms with Gasteiger partial charge in [0.2, 0.25) is 5.91 Å². The zero-order valence-electron chi connectivity index (χ0n) is 14.2. The molecule has 0 unspecified atom stereocenters. The molecule has 0 saturated heterocycles. The number of hydrogen-bond acceptors (Lipinski definition) is 3. The number of rotatable bonds is 4. The van der Waals surface area contributed by atoms with Crippen LogP contribution in [0.5, 0.6) is 0 Å². The van der Waals surface area contributed by atoms with Crippen LogP contribution < -0.4 is 5.32 Å². The van der Waals surface area contributed by atoms with Crippen LogP contribution in [0.4, 0.5) is 0 Å². The third-order valence-electron chi connectivity index (χ3n) is 4.51. The predicted molar refractivity (Wildman–Crippen MR) is 97.3 cm³/mol. The summed E-state index contributed by atoms with van der Waals surface area (Å²) in [6, 6.07) is 11.9. The largest absolute Gasteiger partial charge is 0.464 e. The van der Waals surface area contributed by atoms with Gasteiger partial charge >= 0.3 is 0 Å². The number of aromatic amines is 1. The van der Waals surface area contributed by atoms with E-state index in [-0.39, 0.29) is 12.3 Å². The average Bonchev–Trinajstić information content (AvgIpc) is 3.18. The van der Waals surface area contributed by atoms with Gasteiger partial charge in [-0.2, -0.15) is 0 Å². The summed E-state index contributed by atoms with van der Waals surface area (Å²) < 4.78 is 5.59. The quantitative estimate of drug-likeness (QED) is 0.597. The number of aryl methyl sites for hydroxylation is 2. The van der Waals surface area contributed by atoms with E-state index in [0.29, 0.717) is 6.54 Å². The fourth-order valence-electron chi connectivity index (χ4n) is 2.98. The highest BCUT2D eigenvalue weighted by Crippen LogP contribution is 2.25. The van der Waals surface area contributed by atoms with Crippen molar-refractivity contribution in [1.82, 2.24) is 15.3 Å². The van der Waals surface area contributed by atoms with E-state index in [9.17, 15) is 4.79 Å². The van der Waals surface area contributed by atoms with E-state index in [4.69, 9.17) is 4.42 Å². The van der Waals surface area contributed by atoms with Gasteiger partial charge in [-0.1, -0.05) is 12.1 Å². The van der Waals surface area contributed by atoms with Crippen LogP contribution in [0.2, 0.25) is 0 Å². The van der Waals surface area contributed by atoms with E-state index in [1.165, 1.54) is 11.1 Å². The van der Waals surface area contributed by atoms with Crippen molar-refractivity contribution >= 4 is 27.9 Å². The maximum atomic E-state index is 12.3. The normalized spacial score (nSPS) is 11.3. The number of carbonyl (C=O) groups is 1. The minimum Gasteiger partial charge on any atom is -0.464 e. The number of hydrogen-bond donors (Lipinski definition) is 2. The van der Waals surface area contributed by atoms with Gasteiger partial charge in [0.15, 0.2) is 0 Å². The van der Waals surface area contributed by atoms with E-state index < -0.39 is 0 Å². The van der Waals surface area contributed by atoms with Gasteiger partial charge in [0.1, 0.15) is 11.4 Å². The van der Waals surface area contributed by atoms with Gasteiger partial charge in [-0.15, -0.1) is 0 Å². The van der Waals surface area contributed by atoms with Crippen LogP contribution in [0.25, 0.3) is 22.0 Å². The fraction of sp³-hybridized carbons (Fsp3) is 0.200. The molecule has 25 heavy (non-hydrogen) atoms. The second kappa shape index (κ2) is 6.09. The van der Waals surface area contributed by atoms with E-state index >= 15 is 0 Å². The van der Waals surface area contributed by atoms with Crippen molar-refractivity contribution < 1.29 is 9.21 Å². The number of aromatic nitrogens is 2. The molecule has 126 valence electrons. The average molecular weight is 333 g/mol. The summed E-state index contributed by atoms with van der Waals surface area (Å²) in [5.74, 6) is 0.694. The molecule has 0 spiro atoms. The van der Waals surface area contributed by atoms with Gasteiger partial charge in [-0.05, 0) is 49.2 Å². The topological polar surface area (TPSA) is 70.9 Å². The molecule has 2 N–H and O–H groups in total. The Labute approximate surface area is 145 Å². The summed E-state index contributed by atoms with van der Waals surface area (Å²) in [4.78, 5) is 20.0. The first-order valence-electron chi connectivity index (χ1n) is 8.28. The molecule has 4 rings (SSSR count). The lowest BCUT2D eigenvalue weighted by Crippen LogP contribution is -2.25. The highest BCUT2D eigenvalue weighted by Gasteiger charge is 2.12. The molecule has 0 aliphatic carbocycles. The van der Waals surface area contributed by atoms with Crippen LogP contribution >= 0.6 is 0 Å². The van der Waals surface area contributed by atoms with Gasteiger partial charge < -0.3 is 14.7 Å². The number of nitrogens with zero attached hydrogens (tertiary/aromatic N) is 1. The summed E-state index contributed by atoms with van der Waals surface area (Å²) in [6.45, 7) is 4.49. The Kier molecular flexibility index (Phi) is 3.76. The van der Waals surface area contributed by atoms with E-state index in [1.807, 2.05) is 30.3 Å². The van der Waals surface area contributed by atoms with Crippen molar-refractivity contribution in [2.45, 2.75) is 26.8 Å². The van der Waals surface area contributed by atoms with Gasteiger partial charge in [0.05, 0.1) is 30.3 Å². The fourth-order valence-corrected chi connectivity index (χ4v) is 2.98. The SMILES string of the molecule is Cc1cc2occ(CC(=O)NCc3nc4ccccc4[nH]3)c2cc1C. The second-order valence-corrected chi connectivity index (χ2v) is 6.35.